The summed E-state index contributed by atoms with van der Waals surface area (Å²) in [5.41, 5.74) is 4.20. The normalized spacial score (nSPS) is 11.0. The molecule has 0 bridgehead atoms. The summed E-state index contributed by atoms with van der Waals surface area (Å²) < 4.78 is 11.2. The number of aromatic nitrogens is 3. The molecule has 0 saturated heterocycles. The van der Waals surface area contributed by atoms with Crippen LogP contribution in [-0.2, 0) is 0 Å². The van der Waals surface area contributed by atoms with Crippen LogP contribution in [0, 0.1) is 0 Å². The first-order chi connectivity index (χ1) is 14.8. The van der Waals surface area contributed by atoms with Gasteiger partial charge in [-0.25, -0.2) is 15.0 Å². The summed E-state index contributed by atoms with van der Waals surface area (Å²) in [7, 11) is 3.25. The van der Waals surface area contributed by atoms with Crippen molar-refractivity contribution in [3.63, 3.8) is 0 Å². The topological polar surface area (TPSA) is 57.1 Å². The van der Waals surface area contributed by atoms with Crippen molar-refractivity contribution in [2.45, 2.75) is 0 Å². The largest absolute Gasteiger partial charge is 0.494 e. The van der Waals surface area contributed by atoms with Crippen LogP contribution >= 0.6 is 0 Å². The Labute approximate surface area is 174 Å². The van der Waals surface area contributed by atoms with E-state index in [9.17, 15) is 0 Å². The van der Waals surface area contributed by atoms with Gasteiger partial charge in [0.1, 0.15) is 11.3 Å². The summed E-state index contributed by atoms with van der Waals surface area (Å²) in [5, 5.41) is 1.67. The van der Waals surface area contributed by atoms with Crippen LogP contribution in [0.25, 0.3) is 44.5 Å². The molecule has 0 fully saturated rings. The summed E-state index contributed by atoms with van der Waals surface area (Å²) in [6, 6.07) is 25.9. The monoisotopic (exact) mass is 393 g/mol. The lowest BCUT2D eigenvalue weighted by atomic mass is 10.0. The van der Waals surface area contributed by atoms with Gasteiger partial charge < -0.3 is 9.47 Å². The van der Waals surface area contributed by atoms with E-state index < -0.39 is 0 Å². The van der Waals surface area contributed by atoms with Crippen molar-refractivity contribution in [2.24, 2.45) is 0 Å². The van der Waals surface area contributed by atoms with E-state index in [1.54, 1.807) is 14.2 Å². The predicted molar refractivity (Wildman–Crippen MR) is 119 cm³/mol. The molecule has 0 N–H and O–H groups in total. The lowest BCUT2D eigenvalue weighted by Gasteiger charge is -2.15. The molecule has 0 aliphatic carbocycles. The summed E-state index contributed by atoms with van der Waals surface area (Å²) in [4.78, 5) is 14.6. The second kappa shape index (κ2) is 7.44. The van der Waals surface area contributed by atoms with Crippen LogP contribution in [0.4, 0.5) is 0 Å². The van der Waals surface area contributed by atoms with Crippen molar-refractivity contribution >= 4 is 21.8 Å². The highest BCUT2D eigenvalue weighted by molar-refractivity contribution is 6.11. The minimum Gasteiger partial charge on any atom is -0.494 e. The molecule has 146 valence electrons. The van der Waals surface area contributed by atoms with E-state index in [1.165, 1.54) is 0 Å². The van der Waals surface area contributed by atoms with E-state index in [0.29, 0.717) is 23.0 Å². The average Bonchev–Trinajstić information content (AvgIpc) is 2.83. The molecule has 0 saturated carbocycles. The van der Waals surface area contributed by atoms with Crippen molar-refractivity contribution < 1.29 is 9.47 Å². The van der Waals surface area contributed by atoms with Gasteiger partial charge in [-0.05, 0) is 6.07 Å². The molecular formula is C25H19N3O2. The van der Waals surface area contributed by atoms with Crippen LogP contribution in [-0.4, -0.2) is 29.2 Å². The zero-order valence-electron chi connectivity index (χ0n) is 16.7. The second-order valence-corrected chi connectivity index (χ2v) is 6.83. The Balaban J connectivity index is 1.97. The molecule has 2 aromatic heterocycles. The van der Waals surface area contributed by atoms with E-state index in [-0.39, 0.29) is 0 Å². The van der Waals surface area contributed by atoms with E-state index in [4.69, 9.17) is 24.4 Å². The van der Waals surface area contributed by atoms with Crippen LogP contribution in [0.2, 0.25) is 0 Å². The van der Waals surface area contributed by atoms with E-state index in [1.807, 2.05) is 78.9 Å². The maximum Gasteiger partial charge on any atom is 0.225 e. The number of hydrogen-bond acceptors (Lipinski definition) is 5. The number of pyridine rings is 1. The molecule has 30 heavy (non-hydrogen) atoms. The van der Waals surface area contributed by atoms with Gasteiger partial charge >= 0.3 is 0 Å². The van der Waals surface area contributed by atoms with Crippen molar-refractivity contribution in [1.82, 2.24) is 15.0 Å². The third-order valence-corrected chi connectivity index (χ3v) is 5.08. The Bertz CT molecular complexity index is 1350. The van der Waals surface area contributed by atoms with Crippen LogP contribution in [0.5, 0.6) is 11.6 Å². The molecule has 5 rings (SSSR count). The highest BCUT2D eigenvalue weighted by Crippen LogP contribution is 2.39. The molecule has 2 heterocycles. The molecule has 5 aromatic rings. The van der Waals surface area contributed by atoms with Gasteiger partial charge in [-0.3, -0.25) is 0 Å². The fraction of sp³-hybridized carbons (Fsp3) is 0.0800. The summed E-state index contributed by atoms with van der Waals surface area (Å²) >= 11 is 0. The smallest absolute Gasteiger partial charge is 0.225 e. The molecule has 0 aliphatic heterocycles. The van der Waals surface area contributed by atoms with E-state index in [0.717, 1.165) is 33.1 Å². The number of fused-ring (bicyclic) bond motifs is 3. The number of nitrogens with zero attached hydrogens (tertiary/aromatic N) is 3. The second-order valence-electron chi connectivity index (χ2n) is 6.83. The van der Waals surface area contributed by atoms with Crippen LogP contribution in [0.1, 0.15) is 0 Å². The Morgan fingerprint density at radius 3 is 1.97 bits per heavy atom. The highest BCUT2D eigenvalue weighted by Gasteiger charge is 2.20. The lowest BCUT2D eigenvalue weighted by Crippen LogP contribution is -2.00. The van der Waals surface area contributed by atoms with Gasteiger partial charge in [0.05, 0.1) is 30.8 Å². The molecule has 5 heteroatoms. The molecule has 0 spiro atoms. The molecule has 0 amide bonds. The van der Waals surface area contributed by atoms with Gasteiger partial charge in [0, 0.05) is 16.5 Å². The zero-order valence-corrected chi connectivity index (χ0v) is 16.7. The molecule has 5 nitrogen and oxygen atoms in total. The summed E-state index contributed by atoms with van der Waals surface area (Å²) in [6.07, 6.45) is 0. The molecule has 0 unspecified atom stereocenters. The van der Waals surface area contributed by atoms with Crippen molar-refractivity contribution in [3.05, 3.63) is 78.9 Å². The standard InChI is InChI=1S/C25H19N3O2/c1-29-19-15-9-14-18-22(19)28-25(30-2)20-21(16-10-5-3-6-11-16)26-24(27-23(18)20)17-12-7-4-8-13-17/h3-15H,1-2H3. The highest BCUT2D eigenvalue weighted by atomic mass is 16.5. The van der Waals surface area contributed by atoms with Gasteiger partial charge in [0.15, 0.2) is 5.82 Å². The third kappa shape index (κ3) is 2.92. The number of benzene rings is 3. The van der Waals surface area contributed by atoms with Crippen molar-refractivity contribution in [2.75, 3.05) is 14.2 Å². The fourth-order valence-corrected chi connectivity index (χ4v) is 3.68. The maximum atomic E-state index is 5.70. The molecule has 3 aromatic carbocycles. The minimum atomic E-state index is 0.473. The van der Waals surface area contributed by atoms with Gasteiger partial charge in [-0.1, -0.05) is 72.8 Å². The van der Waals surface area contributed by atoms with Gasteiger partial charge in [-0.15, -0.1) is 0 Å². The first kappa shape index (κ1) is 18.1. The first-order valence-corrected chi connectivity index (χ1v) is 9.63. The summed E-state index contributed by atoms with van der Waals surface area (Å²) in [6.45, 7) is 0. The van der Waals surface area contributed by atoms with Crippen molar-refractivity contribution in [1.29, 1.82) is 0 Å². The first-order valence-electron chi connectivity index (χ1n) is 9.63. The minimum absolute atomic E-state index is 0.473. The molecule has 0 atom stereocenters. The number of para-hydroxylation sites is 1. The molecular weight excluding hydrogens is 374 g/mol. The third-order valence-electron chi connectivity index (χ3n) is 5.08. The maximum absolute atomic E-state index is 5.70. The SMILES string of the molecule is COc1cccc2c1nc(OC)c1c(-c3ccccc3)nc(-c3ccccc3)nc12. The fourth-order valence-electron chi connectivity index (χ4n) is 3.68. The van der Waals surface area contributed by atoms with E-state index in [2.05, 4.69) is 0 Å². The Morgan fingerprint density at radius 2 is 1.30 bits per heavy atom. The average molecular weight is 393 g/mol. The van der Waals surface area contributed by atoms with Crippen LogP contribution in [0.3, 0.4) is 0 Å². The Morgan fingerprint density at radius 1 is 0.600 bits per heavy atom. The number of methoxy groups -OCH3 is 2. The van der Waals surface area contributed by atoms with Gasteiger partial charge in [0.2, 0.25) is 5.88 Å². The van der Waals surface area contributed by atoms with Gasteiger partial charge in [0.25, 0.3) is 0 Å². The number of hydrogen-bond donors (Lipinski definition) is 0. The lowest BCUT2D eigenvalue weighted by molar-refractivity contribution is 0.401. The van der Waals surface area contributed by atoms with Gasteiger partial charge in [-0.2, -0.15) is 0 Å². The van der Waals surface area contributed by atoms with Crippen molar-refractivity contribution in [3.8, 4) is 34.3 Å². The molecule has 0 aliphatic rings. The van der Waals surface area contributed by atoms with Crippen LogP contribution in [0.15, 0.2) is 78.9 Å². The number of ether oxygens (including phenoxy) is 2. The quantitative estimate of drug-likeness (QED) is 0.376. The summed E-state index contributed by atoms with van der Waals surface area (Å²) in [5.74, 6) is 1.80. The predicted octanol–water partition coefficient (Wildman–Crippen LogP) is 5.53. The Kier molecular flexibility index (Phi) is 4.48. The zero-order chi connectivity index (χ0) is 20.5. The molecule has 0 radical (unpaired) electrons. The Hall–Kier alpha value is -3.99. The van der Waals surface area contributed by atoms with Crippen LogP contribution < -0.4 is 9.47 Å². The number of rotatable bonds is 4. The van der Waals surface area contributed by atoms with E-state index >= 15 is 0 Å².